The van der Waals surface area contributed by atoms with Crippen LogP contribution in [0.2, 0.25) is 0 Å². The number of rotatable bonds is 3. The Morgan fingerprint density at radius 3 is 2.80 bits per heavy atom. The minimum absolute atomic E-state index is 0.0633. The maximum atomic E-state index is 11.6. The lowest BCUT2D eigenvalue weighted by Crippen LogP contribution is -2.30. The van der Waals surface area contributed by atoms with Crippen LogP contribution in [0, 0.1) is 6.92 Å². The number of amides is 1. The molecule has 0 bridgehead atoms. The van der Waals surface area contributed by atoms with Crippen LogP contribution in [0.15, 0.2) is 30.9 Å². The van der Waals surface area contributed by atoms with Crippen molar-refractivity contribution in [2.24, 2.45) is 0 Å². The Hall–Kier alpha value is -1.77. The van der Waals surface area contributed by atoms with Crippen molar-refractivity contribution >= 4 is 5.91 Å². The highest BCUT2D eigenvalue weighted by molar-refractivity contribution is 5.94. The van der Waals surface area contributed by atoms with E-state index in [9.17, 15) is 9.90 Å². The lowest BCUT2D eigenvalue weighted by Gasteiger charge is -2.09. The van der Waals surface area contributed by atoms with E-state index in [1.54, 1.807) is 25.1 Å². The molecule has 0 saturated heterocycles. The summed E-state index contributed by atoms with van der Waals surface area (Å²) in [6.07, 6.45) is 1.66. The van der Waals surface area contributed by atoms with Crippen LogP contribution < -0.4 is 5.32 Å². The molecular formula is C12H15NO2. The topological polar surface area (TPSA) is 49.3 Å². The minimum Gasteiger partial charge on any atom is -0.508 e. The summed E-state index contributed by atoms with van der Waals surface area (Å²) < 4.78 is 0. The molecule has 1 aromatic rings. The highest BCUT2D eigenvalue weighted by atomic mass is 16.3. The Morgan fingerprint density at radius 2 is 2.27 bits per heavy atom. The fraction of sp³-hybridized carbons (Fsp3) is 0.250. The SMILES string of the molecule is C=CC(C)NC(=O)c1ccc(O)c(C)c1. The Bertz CT molecular complexity index is 385. The molecule has 0 fully saturated rings. The van der Waals surface area contributed by atoms with E-state index in [2.05, 4.69) is 11.9 Å². The lowest BCUT2D eigenvalue weighted by molar-refractivity contribution is 0.0947. The molecular weight excluding hydrogens is 190 g/mol. The smallest absolute Gasteiger partial charge is 0.251 e. The Labute approximate surface area is 89.4 Å². The molecule has 0 aliphatic rings. The van der Waals surface area contributed by atoms with Gasteiger partial charge < -0.3 is 10.4 Å². The zero-order valence-electron chi connectivity index (χ0n) is 8.95. The predicted octanol–water partition coefficient (Wildman–Crippen LogP) is 2.00. The molecule has 0 heterocycles. The predicted molar refractivity (Wildman–Crippen MR) is 60.0 cm³/mol. The largest absolute Gasteiger partial charge is 0.508 e. The van der Waals surface area contributed by atoms with E-state index < -0.39 is 0 Å². The third-order valence-electron chi connectivity index (χ3n) is 2.17. The van der Waals surface area contributed by atoms with Crippen LogP contribution in [-0.2, 0) is 0 Å². The zero-order chi connectivity index (χ0) is 11.4. The maximum Gasteiger partial charge on any atom is 0.251 e. The second-order valence-corrected chi connectivity index (χ2v) is 3.50. The number of phenolic OH excluding ortho intramolecular Hbond substituents is 1. The van der Waals surface area contributed by atoms with Gasteiger partial charge in [0.05, 0.1) is 0 Å². The van der Waals surface area contributed by atoms with Gasteiger partial charge in [-0.3, -0.25) is 4.79 Å². The van der Waals surface area contributed by atoms with Crippen LogP contribution in [0.4, 0.5) is 0 Å². The van der Waals surface area contributed by atoms with Crippen LogP contribution in [0.5, 0.6) is 5.75 Å². The molecule has 0 saturated carbocycles. The van der Waals surface area contributed by atoms with Gasteiger partial charge in [-0.25, -0.2) is 0 Å². The number of hydrogen-bond acceptors (Lipinski definition) is 2. The molecule has 1 rings (SSSR count). The van der Waals surface area contributed by atoms with Crippen molar-refractivity contribution in [1.29, 1.82) is 0 Å². The summed E-state index contributed by atoms with van der Waals surface area (Å²) in [5, 5.41) is 12.1. The molecule has 80 valence electrons. The average molecular weight is 205 g/mol. The van der Waals surface area contributed by atoms with E-state index in [1.165, 1.54) is 6.07 Å². The van der Waals surface area contributed by atoms with E-state index in [-0.39, 0.29) is 17.7 Å². The second-order valence-electron chi connectivity index (χ2n) is 3.50. The molecule has 15 heavy (non-hydrogen) atoms. The highest BCUT2D eigenvalue weighted by Gasteiger charge is 2.08. The lowest BCUT2D eigenvalue weighted by atomic mass is 10.1. The molecule has 2 N–H and O–H groups in total. The number of hydrogen-bond donors (Lipinski definition) is 2. The summed E-state index contributed by atoms with van der Waals surface area (Å²) in [5.41, 5.74) is 1.23. The number of carbonyl (C=O) groups excluding carboxylic acids is 1. The third-order valence-corrected chi connectivity index (χ3v) is 2.17. The van der Waals surface area contributed by atoms with Crippen molar-refractivity contribution in [1.82, 2.24) is 5.32 Å². The summed E-state index contributed by atoms with van der Waals surface area (Å²) in [7, 11) is 0. The fourth-order valence-electron chi connectivity index (χ4n) is 1.15. The first kappa shape index (κ1) is 11.3. The normalized spacial score (nSPS) is 11.9. The van der Waals surface area contributed by atoms with Gasteiger partial charge in [0, 0.05) is 11.6 Å². The molecule has 1 amide bonds. The average Bonchev–Trinajstić information content (AvgIpc) is 2.21. The third kappa shape index (κ3) is 2.84. The second kappa shape index (κ2) is 4.64. The van der Waals surface area contributed by atoms with Crippen LogP contribution in [0.25, 0.3) is 0 Å². The molecule has 1 unspecified atom stereocenters. The van der Waals surface area contributed by atoms with Crippen molar-refractivity contribution in [3.8, 4) is 5.75 Å². The van der Waals surface area contributed by atoms with Gasteiger partial charge in [0.1, 0.15) is 5.75 Å². The summed E-state index contributed by atoms with van der Waals surface area (Å²) in [6, 6.07) is 4.70. The number of benzene rings is 1. The number of nitrogens with one attached hydrogen (secondary N) is 1. The molecule has 3 heteroatoms. The number of aryl methyl sites for hydroxylation is 1. The summed E-state index contributed by atoms with van der Waals surface area (Å²) in [6.45, 7) is 7.18. The van der Waals surface area contributed by atoms with Crippen LogP contribution in [0.1, 0.15) is 22.8 Å². The highest BCUT2D eigenvalue weighted by Crippen LogP contribution is 2.16. The standard InChI is InChI=1S/C12H15NO2/c1-4-9(3)13-12(15)10-5-6-11(14)8(2)7-10/h4-7,9,14H,1H2,2-3H3,(H,13,15). The zero-order valence-corrected chi connectivity index (χ0v) is 8.95. The van der Waals surface area contributed by atoms with Crippen LogP contribution in [-0.4, -0.2) is 17.1 Å². The van der Waals surface area contributed by atoms with Gasteiger partial charge >= 0.3 is 0 Å². The summed E-state index contributed by atoms with van der Waals surface area (Å²) in [5.74, 6) is 0.0359. The summed E-state index contributed by atoms with van der Waals surface area (Å²) >= 11 is 0. The Morgan fingerprint density at radius 1 is 1.60 bits per heavy atom. The number of carbonyl (C=O) groups is 1. The first-order valence-corrected chi connectivity index (χ1v) is 4.77. The Balaban J connectivity index is 2.83. The van der Waals surface area contributed by atoms with E-state index in [4.69, 9.17) is 0 Å². The monoisotopic (exact) mass is 205 g/mol. The molecule has 0 aliphatic carbocycles. The van der Waals surface area contributed by atoms with Gasteiger partial charge in [0.15, 0.2) is 0 Å². The van der Waals surface area contributed by atoms with E-state index >= 15 is 0 Å². The summed E-state index contributed by atoms with van der Waals surface area (Å²) in [4.78, 5) is 11.6. The van der Waals surface area contributed by atoms with Gasteiger partial charge in [-0.1, -0.05) is 6.08 Å². The first-order chi connectivity index (χ1) is 7.04. The van der Waals surface area contributed by atoms with Crippen molar-refractivity contribution in [3.05, 3.63) is 42.0 Å². The molecule has 0 spiro atoms. The van der Waals surface area contributed by atoms with Gasteiger partial charge in [-0.2, -0.15) is 0 Å². The Kier molecular flexibility index (Phi) is 3.50. The van der Waals surface area contributed by atoms with Crippen molar-refractivity contribution in [2.45, 2.75) is 19.9 Å². The molecule has 3 nitrogen and oxygen atoms in total. The fourth-order valence-corrected chi connectivity index (χ4v) is 1.15. The molecule has 0 aliphatic heterocycles. The molecule has 1 aromatic carbocycles. The van der Waals surface area contributed by atoms with E-state index in [0.29, 0.717) is 11.1 Å². The van der Waals surface area contributed by atoms with Gasteiger partial charge in [-0.05, 0) is 37.6 Å². The molecule has 0 aromatic heterocycles. The van der Waals surface area contributed by atoms with Crippen molar-refractivity contribution in [3.63, 3.8) is 0 Å². The number of aromatic hydroxyl groups is 1. The number of phenols is 1. The van der Waals surface area contributed by atoms with Crippen LogP contribution >= 0.6 is 0 Å². The van der Waals surface area contributed by atoms with Gasteiger partial charge in [-0.15, -0.1) is 6.58 Å². The quantitative estimate of drug-likeness (QED) is 0.741. The van der Waals surface area contributed by atoms with E-state index in [1.807, 2.05) is 6.92 Å². The first-order valence-electron chi connectivity index (χ1n) is 4.77. The van der Waals surface area contributed by atoms with Gasteiger partial charge in [0.2, 0.25) is 0 Å². The molecule has 1 atom stereocenters. The van der Waals surface area contributed by atoms with Crippen molar-refractivity contribution < 1.29 is 9.90 Å². The van der Waals surface area contributed by atoms with E-state index in [0.717, 1.165) is 0 Å². The molecule has 0 radical (unpaired) electrons. The van der Waals surface area contributed by atoms with Crippen LogP contribution in [0.3, 0.4) is 0 Å². The maximum absolute atomic E-state index is 11.6. The van der Waals surface area contributed by atoms with Crippen molar-refractivity contribution in [2.75, 3.05) is 0 Å². The minimum atomic E-state index is -0.162. The van der Waals surface area contributed by atoms with Gasteiger partial charge in [0.25, 0.3) is 5.91 Å².